The zero-order chi connectivity index (χ0) is 20.8. The molecule has 4 rings (SSSR count). The maximum Gasteiger partial charge on any atom is 0.289 e. The summed E-state index contributed by atoms with van der Waals surface area (Å²) in [4.78, 5) is 18.8. The molecule has 8 heteroatoms. The Hall–Kier alpha value is -2.16. The molecule has 1 spiro atoms. The number of hydrogen-bond acceptors (Lipinski definition) is 6. The van der Waals surface area contributed by atoms with Crippen LogP contribution in [0.25, 0.3) is 0 Å². The van der Waals surface area contributed by atoms with Crippen molar-refractivity contribution in [1.82, 2.24) is 14.5 Å². The summed E-state index contributed by atoms with van der Waals surface area (Å²) < 4.78 is 25.2. The van der Waals surface area contributed by atoms with Gasteiger partial charge in [0.2, 0.25) is 0 Å². The van der Waals surface area contributed by atoms with Crippen molar-refractivity contribution >= 4 is 5.91 Å². The van der Waals surface area contributed by atoms with Gasteiger partial charge in [-0.15, -0.1) is 0 Å². The zero-order valence-corrected chi connectivity index (χ0v) is 17.6. The number of nitrogens with zero attached hydrogens (tertiary/aromatic N) is 3. The van der Waals surface area contributed by atoms with Crippen molar-refractivity contribution < 1.29 is 23.4 Å². The predicted molar refractivity (Wildman–Crippen MR) is 109 cm³/mol. The SMILES string of the molecule is CCOCCOC1CCOC2(CCN(C(=O)c3ccc(Cn4ccnc4)o3)CC2)C1. The third-order valence-corrected chi connectivity index (χ3v) is 5.97. The van der Waals surface area contributed by atoms with Crippen molar-refractivity contribution in [2.75, 3.05) is 39.5 Å². The fourth-order valence-corrected chi connectivity index (χ4v) is 4.30. The maximum atomic E-state index is 12.9. The van der Waals surface area contributed by atoms with Gasteiger partial charge in [-0.05, 0) is 38.3 Å². The highest BCUT2D eigenvalue weighted by Gasteiger charge is 2.41. The molecule has 1 atom stereocenters. The molecule has 0 saturated carbocycles. The van der Waals surface area contributed by atoms with Crippen molar-refractivity contribution in [3.05, 3.63) is 42.4 Å². The minimum Gasteiger partial charge on any atom is -0.454 e. The number of carbonyl (C=O) groups excluding carboxylic acids is 1. The second-order valence-corrected chi connectivity index (χ2v) is 8.01. The van der Waals surface area contributed by atoms with Crippen LogP contribution in [0.2, 0.25) is 0 Å². The lowest BCUT2D eigenvalue weighted by Gasteiger charge is -2.45. The first-order chi connectivity index (χ1) is 14.7. The third-order valence-electron chi connectivity index (χ3n) is 5.97. The summed E-state index contributed by atoms with van der Waals surface area (Å²) in [6, 6.07) is 3.62. The van der Waals surface area contributed by atoms with Crippen LogP contribution in [0.5, 0.6) is 0 Å². The highest BCUT2D eigenvalue weighted by atomic mass is 16.5. The van der Waals surface area contributed by atoms with Gasteiger partial charge in [0.05, 0.1) is 37.8 Å². The number of furan rings is 1. The van der Waals surface area contributed by atoms with Crippen LogP contribution < -0.4 is 0 Å². The van der Waals surface area contributed by atoms with Crippen LogP contribution in [0.4, 0.5) is 0 Å². The summed E-state index contributed by atoms with van der Waals surface area (Å²) in [6.45, 7) is 6.57. The van der Waals surface area contributed by atoms with E-state index in [4.69, 9.17) is 18.6 Å². The normalized spacial score (nSPS) is 21.2. The van der Waals surface area contributed by atoms with Crippen LogP contribution >= 0.6 is 0 Å². The molecule has 1 amide bonds. The molecular formula is C22H31N3O5. The number of aromatic nitrogens is 2. The second-order valence-electron chi connectivity index (χ2n) is 8.01. The van der Waals surface area contributed by atoms with Gasteiger partial charge in [0.15, 0.2) is 5.76 Å². The number of piperidine rings is 1. The topological polar surface area (TPSA) is 79.0 Å². The predicted octanol–water partition coefficient (Wildman–Crippen LogP) is 2.73. The summed E-state index contributed by atoms with van der Waals surface area (Å²) >= 11 is 0. The summed E-state index contributed by atoms with van der Waals surface area (Å²) in [5.74, 6) is 1.08. The average molecular weight is 418 g/mol. The van der Waals surface area contributed by atoms with Gasteiger partial charge in [0, 0.05) is 45.1 Å². The summed E-state index contributed by atoms with van der Waals surface area (Å²) in [5.41, 5.74) is -0.180. The van der Waals surface area contributed by atoms with Gasteiger partial charge < -0.3 is 28.1 Å². The van der Waals surface area contributed by atoms with Crippen molar-refractivity contribution in [3.8, 4) is 0 Å². The number of ether oxygens (including phenoxy) is 3. The number of hydrogen-bond donors (Lipinski definition) is 0. The molecule has 2 aromatic rings. The largest absolute Gasteiger partial charge is 0.454 e. The van der Waals surface area contributed by atoms with E-state index in [1.807, 2.05) is 28.7 Å². The molecule has 0 aliphatic carbocycles. The van der Waals surface area contributed by atoms with Gasteiger partial charge in [-0.3, -0.25) is 4.79 Å². The molecule has 2 fully saturated rings. The van der Waals surface area contributed by atoms with E-state index >= 15 is 0 Å². The van der Waals surface area contributed by atoms with Gasteiger partial charge >= 0.3 is 0 Å². The number of imidazole rings is 1. The van der Waals surface area contributed by atoms with E-state index in [9.17, 15) is 4.79 Å². The molecular weight excluding hydrogens is 386 g/mol. The first kappa shape index (κ1) is 21.1. The standard InChI is InChI=1S/C22H31N3O5/c1-2-27-13-14-28-18-5-12-29-22(15-18)6-9-25(10-7-22)21(26)20-4-3-19(30-20)16-24-11-8-23-17-24/h3-4,8,11,17-18H,2,5-7,9-10,12-16H2,1H3. The first-order valence-electron chi connectivity index (χ1n) is 10.8. The summed E-state index contributed by atoms with van der Waals surface area (Å²) in [6.07, 6.45) is 8.98. The highest BCUT2D eigenvalue weighted by molar-refractivity contribution is 5.91. The Bertz CT molecular complexity index is 796. The average Bonchev–Trinajstić information content (AvgIpc) is 3.44. The fourth-order valence-electron chi connectivity index (χ4n) is 4.30. The van der Waals surface area contributed by atoms with Gasteiger partial charge in [-0.1, -0.05) is 0 Å². The van der Waals surface area contributed by atoms with Crippen LogP contribution in [0.15, 0.2) is 35.3 Å². The quantitative estimate of drug-likeness (QED) is 0.615. The van der Waals surface area contributed by atoms with Gasteiger partial charge in [0.25, 0.3) is 5.91 Å². The minimum atomic E-state index is -0.180. The van der Waals surface area contributed by atoms with Crippen molar-refractivity contribution in [2.45, 2.75) is 50.9 Å². The van der Waals surface area contributed by atoms with E-state index in [1.54, 1.807) is 18.6 Å². The van der Waals surface area contributed by atoms with Crippen LogP contribution in [-0.4, -0.2) is 71.6 Å². The Morgan fingerprint density at radius 1 is 1.30 bits per heavy atom. The van der Waals surface area contributed by atoms with Crippen molar-refractivity contribution in [2.24, 2.45) is 0 Å². The molecule has 0 bridgehead atoms. The fraction of sp³-hybridized carbons (Fsp3) is 0.636. The number of likely N-dealkylation sites (tertiary alicyclic amines) is 1. The molecule has 0 aromatic carbocycles. The smallest absolute Gasteiger partial charge is 0.289 e. The maximum absolute atomic E-state index is 12.9. The molecule has 0 radical (unpaired) electrons. The Morgan fingerprint density at radius 3 is 2.93 bits per heavy atom. The van der Waals surface area contributed by atoms with E-state index in [0.29, 0.717) is 51.8 Å². The van der Waals surface area contributed by atoms with Crippen LogP contribution in [0.3, 0.4) is 0 Å². The lowest BCUT2D eigenvalue weighted by molar-refractivity contribution is -0.155. The molecule has 164 valence electrons. The molecule has 2 aromatic heterocycles. The van der Waals surface area contributed by atoms with E-state index in [0.717, 1.165) is 31.4 Å². The van der Waals surface area contributed by atoms with E-state index in [-0.39, 0.29) is 17.6 Å². The molecule has 0 N–H and O–H groups in total. The molecule has 2 aliphatic rings. The molecule has 8 nitrogen and oxygen atoms in total. The van der Waals surface area contributed by atoms with E-state index in [2.05, 4.69) is 4.98 Å². The Morgan fingerprint density at radius 2 is 2.17 bits per heavy atom. The number of rotatable bonds is 8. The van der Waals surface area contributed by atoms with Crippen molar-refractivity contribution in [3.63, 3.8) is 0 Å². The summed E-state index contributed by atoms with van der Waals surface area (Å²) in [5, 5.41) is 0. The van der Waals surface area contributed by atoms with Gasteiger partial charge in [-0.25, -0.2) is 4.98 Å². The van der Waals surface area contributed by atoms with Crippen LogP contribution in [0.1, 0.15) is 48.9 Å². The summed E-state index contributed by atoms with van der Waals surface area (Å²) in [7, 11) is 0. The van der Waals surface area contributed by atoms with Crippen LogP contribution in [0, 0.1) is 0 Å². The highest BCUT2D eigenvalue weighted by Crippen LogP contribution is 2.36. The zero-order valence-electron chi connectivity index (χ0n) is 17.6. The van der Waals surface area contributed by atoms with E-state index < -0.39 is 0 Å². The monoisotopic (exact) mass is 417 g/mol. The molecule has 2 saturated heterocycles. The third kappa shape index (κ3) is 5.11. The molecule has 30 heavy (non-hydrogen) atoms. The van der Waals surface area contributed by atoms with Crippen LogP contribution in [-0.2, 0) is 20.8 Å². The molecule has 1 unspecified atom stereocenters. The van der Waals surface area contributed by atoms with Gasteiger partial charge in [0.1, 0.15) is 5.76 Å². The Labute approximate surface area is 177 Å². The molecule has 4 heterocycles. The first-order valence-corrected chi connectivity index (χ1v) is 10.8. The number of amides is 1. The van der Waals surface area contributed by atoms with Crippen molar-refractivity contribution in [1.29, 1.82) is 0 Å². The second kappa shape index (κ2) is 9.76. The lowest BCUT2D eigenvalue weighted by atomic mass is 9.83. The molecule has 2 aliphatic heterocycles. The Balaban J connectivity index is 1.27. The van der Waals surface area contributed by atoms with Gasteiger partial charge in [-0.2, -0.15) is 0 Å². The number of carbonyl (C=O) groups is 1. The van der Waals surface area contributed by atoms with E-state index in [1.165, 1.54) is 0 Å². The lowest BCUT2D eigenvalue weighted by Crippen LogP contribution is -2.52. The minimum absolute atomic E-state index is 0.0537. The Kier molecular flexibility index (Phi) is 6.86.